The van der Waals surface area contributed by atoms with Crippen LogP contribution in [-0.2, 0) is 0 Å². The van der Waals surface area contributed by atoms with E-state index < -0.39 is 34.8 Å². The molecule has 2 nitrogen and oxygen atoms in total. The minimum Gasteiger partial charge on any atom is -0.508 e. The van der Waals surface area contributed by atoms with Gasteiger partial charge in [0, 0.05) is 12.0 Å². The van der Waals surface area contributed by atoms with Crippen molar-refractivity contribution in [3.8, 4) is 11.8 Å². The van der Waals surface area contributed by atoms with E-state index in [9.17, 15) is 22.7 Å². The van der Waals surface area contributed by atoms with Crippen LogP contribution in [0.1, 0.15) is 23.1 Å². The normalized spacial score (nSPS) is 17.2. The number of nitrogens with zero attached hydrogens (tertiary/aromatic N) is 1. The van der Waals surface area contributed by atoms with E-state index in [2.05, 4.69) is 0 Å². The van der Waals surface area contributed by atoms with Gasteiger partial charge in [0.1, 0.15) is 41.0 Å². The summed E-state index contributed by atoms with van der Waals surface area (Å²) in [5.41, 5.74) is -0.628. The summed E-state index contributed by atoms with van der Waals surface area (Å²) >= 11 is 0. The Morgan fingerprint density at radius 2 is 1.60 bits per heavy atom. The molecule has 3 rings (SSSR count). The van der Waals surface area contributed by atoms with Crippen molar-refractivity contribution >= 4 is 11.1 Å². The van der Waals surface area contributed by atoms with Crippen molar-refractivity contribution in [2.24, 2.45) is 0 Å². The van der Waals surface area contributed by atoms with Crippen LogP contribution in [0.4, 0.5) is 17.6 Å². The zero-order valence-corrected chi connectivity index (χ0v) is 12.7. The number of benzene rings is 2. The predicted molar refractivity (Wildman–Crippen MR) is 84.7 cm³/mol. The number of hydrogen-bond acceptors (Lipinski definition) is 2. The highest BCUT2D eigenvalue weighted by molar-refractivity contribution is 5.82. The average molecular weight is 345 g/mol. The highest BCUT2D eigenvalue weighted by Crippen LogP contribution is 2.39. The molecule has 0 heterocycles. The van der Waals surface area contributed by atoms with Gasteiger partial charge >= 0.3 is 0 Å². The lowest BCUT2D eigenvalue weighted by Gasteiger charge is -2.21. The number of allylic oxidation sites excluding steroid dienone is 4. The van der Waals surface area contributed by atoms with E-state index in [4.69, 9.17) is 5.26 Å². The van der Waals surface area contributed by atoms with E-state index in [1.807, 2.05) is 0 Å². The van der Waals surface area contributed by atoms with Gasteiger partial charge < -0.3 is 5.11 Å². The number of phenolic OH excluding ortho intramolecular Hbond substituents is 1. The molecule has 0 bridgehead atoms. The van der Waals surface area contributed by atoms with E-state index in [1.54, 1.807) is 0 Å². The molecule has 0 saturated carbocycles. The first-order valence-electron chi connectivity index (χ1n) is 7.34. The van der Waals surface area contributed by atoms with Gasteiger partial charge in [-0.1, -0.05) is 12.1 Å². The molecule has 6 heteroatoms. The summed E-state index contributed by atoms with van der Waals surface area (Å²) in [6.45, 7) is 0. The molecule has 0 fully saturated rings. The summed E-state index contributed by atoms with van der Waals surface area (Å²) < 4.78 is 56.5. The second-order valence-corrected chi connectivity index (χ2v) is 5.58. The van der Waals surface area contributed by atoms with Crippen molar-refractivity contribution in [3.63, 3.8) is 0 Å². The van der Waals surface area contributed by atoms with Gasteiger partial charge in [0.2, 0.25) is 0 Å². The van der Waals surface area contributed by atoms with Crippen LogP contribution in [0, 0.1) is 23.0 Å². The van der Waals surface area contributed by atoms with Crippen LogP contribution < -0.4 is 0 Å². The van der Waals surface area contributed by atoms with Crippen LogP contribution >= 0.6 is 0 Å². The highest BCUT2D eigenvalue weighted by Gasteiger charge is 2.27. The second-order valence-electron chi connectivity index (χ2n) is 5.58. The van der Waals surface area contributed by atoms with Crippen LogP contribution in [0.3, 0.4) is 0 Å². The van der Waals surface area contributed by atoms with E-state index in [1.165, 1.54) is 30.3 Å². The molecule has 0 radical (unpaired) electrons. The van der Waals surface area contributed by atoms with Crippen molar-refractivity contribution < 1.29 is 22.7 Å². The zero-order valence-electron chi connectivity index (χ0n) is 12.7. The molecule has 2 aromatic rings. The molecule has 0 saturated heterocycles. The Hall–Kier alpha value is -3.07. The molecule has 1 N–H and O–H groups in total. The molecule has 25 heavy (non-hydrogen) atoms. The summed E-state index contributed by atoms with van der Waals surface area (Å²) in [5, 5.41) is 17.9. The summed E-state index contributed by atoms with van der Waals surface area (Å²) in [4.78, 5) is 0. The molecule has 0 aromatic heterocycles. The Bertz CT molecular complexity index is 916. The summed E-state index contributed by atoms with van der Waals surface area (Å²) in [6.07, 6.45) is -0.886. The minimum absolute atomic E-state index is 0.0252. The van der Waals surface area contributed by atoms with E-state index in [-0.39, 0.29) is 17.7 Å². The van der Waals surface area contributed by atoms with Crippen LogP contribution in [-0.4, -0.2) is 11.3 Å². The fourth-order valence-electron chi connectivity index (χ4n) is 2.77. The quantitative estimate of drug-likeness (QED) is 0.774. The summed E-state index contributed by atoms with van der Waals surface area (Å²) in [5.74, 6) is -3.25. The van der Waals surface area contributed by atoms with E-state index in [0.29, 0.717) is 11.1 Å². The molecular weight excluding hydrogens is 334 g/mol. The van der Waals surface area contributed by atoms with Crippen molar-refractivity contribution in [2.45, 2.75) is 12.6 Å². The Morgan fingerprint density at radius 1 is 1.00 bits per heavy atom. The third-order valence-corrected chi connectivity index (χ3v) is 3.97. The van der Waals surface area contributed by atoms with Gasteiger partial charge in [0.05, 0.1) is 0 Å². The molecule has 126 valence electrons. The van der Waals surface area contributed by atoms with Crippen molar-refractivity contribution in [1.29, 1.82) is 5.26 Å². The van der Waals surface area contributed by atoms with Crippen LogP contribution in [0.5, 0.6) is 5.75 Å². The Balaban J connectivity index is 2.07. The predicted octanol–water partition coefficient (Wildman–Crippen LogP) is 5.05. The van der Waals surface area contributed by atoms with Crippen molar-refractivity contribution in [1.82, 2.24) is 0 Å². The Kier molecular flexibility index (Phi) is 4.32. The third-order valence-electron chi connectivity index (χ3n) is 3.97. The molecule has 2 aromatic carbocycles. The van der Waals surface area contributed by atoms with Crippen molar-refractivity contribution in [2.75, 3.05) is 0 Å². The molecular formula is C19H11F4NO. The number of phenols is 1. The maximum atomic E-state index is 14.5. The zero-order chi connectivity index (χ0) is 18.1. The van der Waals surface area contributed by atoms with Gasteiger partial charge in [0.25, 0.3) is 0 Å². The molecule has 1 aliphatic rings. The first-order chi connectivity index (χ1) is 11.9. The fourth-order valence-corrected chi connectivity index (χ4v) is 2.77. The molecule has 1 atom stereocenters. The van der Waals surface area contributed by atoms with Gasteiger partial charge in [-0.2, -0.15) is 5.26 Å². The molecule has 0 amide bonds. The Morgan fingerprint density at radius 3 is 2.12 bits per heavy atom. The monoisotopic (exact) mass is 345 g/mol. The highest BCUT2D eigenvalue weighted by atomic mass is 19.1. The van der Waals surface area contributed by atoms with Gasteiger partial charge in [-0.25, -0.2) is 17.6 Å². The first-order valence-corrected chi connectivity index (χ1v) is 7.34. The second kappa shape index (κ2) is 6.44. The molecule has 1 aliphatic carbocycles. The standard InChI is InChI=1S/C19H11F4NO/c20-15-7-12(8-16(21)14(15)9-24)19-17(22)5-11(6-18(19)23)10-1-3-13(25)4-2-10/h1-5,7-8,18,25H,6H2. The van der Waals surface area contributed by atoms with Gasteiger partial charge in [-0.15, -0.1) is 0 Å². The maximum absolute atomic E-state index is 14.5. The largest absolute Gasteiger partial charge is 0.508 e. The number of alkyl halides is 1. The number of hydrogen-bond donors (Lipinski definition) is 1. The van der Waals surface area contributed by atoms with Crippen LogP contribution in [0.2, 0.25) is 0 Å². The lowest BCUT2D eigenvalue weighted by atomic mass is 9.87. The molecule has 0 aliphatic heterocycles. The van der Waals surface area contributed by atoms with Gasteiger partial charge in [-0.05, 0) is 47.0 Å². The smallest absolute Gasteiger partial charge is 0.144 e. The van der Waals surface area contributed by atoms with Crippen LogP contribution in [0.25, 0.3) is 11.1 Å². The summed E-state index contributed by atoms with van der Waals surface area (Å²) in [6, 6.07) is 8.70. The lowest BCUT2D eigenvalue weighted by Crippen LogP contribution is -2.11. The topological polar surface area (TPSA) is 44.0 Å². The lowest BCUT2D eigenvalue weighted by molar-refractivity contribution is 0.410. The SMILES string of the molecule is N#Cc1c(F)cc(C2=C(F)C=C(c3ccc(O)cc3)CC2F)cc1F. The Labute approximate surface area is 141 Å². The van der Waals surface area contributed by atoms with E-state index >= 15 is 0 Å². The number of rotatable bonds is 2. The number of nitriles is 1. The van der Waals surface area contributed by atoms with Gasteiger partial charge in [-0.3, -0.25) is 0 Å². The van der Waals surface area contributed by atoms with Crippen molar-refractivity contribution in [3.05, 3.63) is 76.6 Å². The molecule has 1 unspecified atom stereocenters. The van der Waals surface area contributed by atoms with E-state index in [0.717, 1.165) is 18.2 Å². The van der Waals surface area contributed by atoms with Crippen LogP contribution in [0.15, 0.2) is 48.3 Å². The summed E-state index contributed by atoms with van der Waals surface area (Å²) in [7, 11) is 0. The third kappa shape index (κ3) is 3.13. The number of halogens is 4. The maximum Gasteiger partial charge on any atom is 0.144 e. The first kappa shape index (κ1) is 16.8. The fraction of sp³-hybridized carbons (Fsp3) is 0.105. The molecule has 0 spiro atoms. The van der Waals surface area contributed by atoms with Gasteiger partial charge in [0.15, 0.2) is 0 Å². The number of aromatic hydroxyl groups is 1. The average Bonchev–Trinajstić information content (AvgIpc) is 2.54. The minimum atomic E-state index is -1.81.